The molecule has 0 aliphatic heterocycles. The fourth-order valence-electron chi connectivity index (χ4n) is 3.24. The number of nitrogens with one attached hydrogen (secondary N) is 2. The number of hydrogen-bond donors (Lipinski definition) is 2. The fraction of sp³-hybridized carbons (Fsp3) is 0.423. The first kappa shape index (κ1) is 26.9. The Bertz CT molecular complexity index is 875. The number of unbranched alkanes of at least 4 members (excludes halogenated alkanes) is 1. The molecule has 0 aromatic heterocycles. The van der Waals surface area contributed by atoms with Crippen molar-refractivity contribution >= 4 is 18.0 Å². The molecule has 0 saturated carbocycles. The van der Waals surface area contributed by atoms with Gasteiger partial charge in [0.05, 0.1) is 25.7 Å². The Hall–Kier alpha value is -3.39. The van der Waals surface area contributed by atoms with Crippen molar-refractivity contribution in [2.45, 2.75) is 51.3 Å². The van der Waals surface area contributed by atoms with Crippen molar-refractivity contribution < 1.29 is 28.6 Å². The minimum atomic E-state index is -1.18. The molecule has 0 fully saturated rings. The van der Waals surface area contributed by atoms with E-state index < -0.39 is 24.0 Å². The summed E-state index contributed by atoms with van der Waals surface area (Å²) in [5, 5.41) is 5.36. The lowest BCUT2D eigenvalue weighted by Crippen LogP contribution is -2.47. The van der Waals surface area contributed by atoms with Gasteiger partial charge in [0.25, 0.3) is 0 Å². The second-order valence-corrected chi connectivity index (χ2v) is 7.89. The lowest BCUT2D eigenvalue weighted by atomic mass is 10.1. The minimum Gasteiger partial charge on any atom is -0.459 e. The number of methoxy groups -OCH3 is 1. The molecular weight excluding hydrogens is 436 g/mol. The van der Waals surface area contributed by atoms with Gasteiger partial charge in [0.15, 0.2) is 0 Å². The topological polar surface area (TPSA) is 103 Å². The standard InChI is InChI=1S/C26H34N2O6/c1-3-4-15-33-26(31)28-23(25(30)34-18-21-13-9-6-10-14-21)17-24(29)27-22(19-32-2)16-20-11-7-5-8-12-20/h5-14,22-23H,3-4,15-19H2,1-2H3,(H,27,29)(H,28,31)/t22-,23?/m0/s1. The molecule has 8 nitrogen and oxygen atoms in total. The van der Waals surface area contributed by atoms with E-state index in [1.165, 1.54) is 0 Å². The third kappa shape index (κ3) is 10.5. The summed E-state index contributed by atoms with van der Waals surface area (Å²) in [6, 6.07) is 17.4. The molecule has 0 spiro atoms. The molecule has 8 heteroatoms. The first-order valence-electron chi connectivity index (χ1n) is 11.5. The van der Waals surface area contributed by atoms with E-state index in [4.69, 9.17) is 14.2 Å². The summed E-state index contributed by atoms with van der Waals surface area (Å²) >= 11 is 0. The van der Waals surface area contributed by atoms with Gasteiger partial charge in [-0.05, 0) is 24.0 Å². The van der Waals surface area contributed by atoms with Crippen LogP contribution >= 0.6 is 0 Å². The molecule has 0 aliphatic carbocycles. The lowest BCUT2D eigenvalue weighted by Gasteiger charge is -2.21. The molecule has 184 valence electrons. The first-order chi connectivity index (χ1) is 16.5. The number of hydrogen-bond acceptors (Lipinski definition) is 6. The Kier molecular flexibility index (Phi) is 12.2. The van der Waals surface area contributed by atoms with E-state index in [2.05, 4.69) is 10.6 Å². The molecule has 34 heavy (non-hydrogen) atoms. The lowest BCUT2D eigenvalue weighted by molar-refractivity contribution is -0.149. The number of esters is 1. The van der Waals surface area contributed by atoms with Crippen LogP contribution in [-0.4, -0.2) is 50.4 Å². The minimum absolute atomic E-state index is 0.0324. The van der Waals surface area contributed by atoms with Crippen molar-refractivity contribution in [3.63, 3.8) is 0 Å². The van der Waals surface area contributed by atoms with Crippen LogP contribution in [-0.2, 0) is 36.8 Å². The first-order valence-corrected chi connectivity index (χ1v) is 11.5. The number of benzene rings is 2. The summed E-state index contributed by atoms with van der Waals surface area (Å²) in [6.07, 6.45) is 1.08. The highest BCUT2D eigenvalue weighted by Crippen LogP contribution is 2.07. The van der Waals surface area contributed by atoms with E-state index in [1.54, 1.807) is 7.11 Å². The van der Waals surface area contributed by atoms with Crippen LogP contribution in [0.4, 0.5) is 4.79 Å². The number of rotatable bonds is 14. The van der Waals surface area contributed by atoms with Gasteiger partial charge in [0, 0.05) is 7.11 Å². The number of ether oxygens (including phenoxy) is 3. The maximum Gasteiger partial charge on any atom is 0.407 e. The van der Waals surface area contributed by atoms with Crippen molar-refractivity contribution in [3.05, 3.63) is 71.8 Å². The number of carbonyl (C=O) groups is 3. The molecule has 0 saturated heterocycles. The summed E-state index contributed by atoms with van der Waals surface area (Å²) in [5.41, 5.74) is 1.84. The van der Waals surface area contributed by atoms with Gasteiger partial charge in [-0.25, -0.2) is 9.59 Å². The maximum absolute atomic E-state index is 12.8. The molecule has 0 radical (unpaired) electrons. The van der Waals surface area contributed by atoms with Gasteiger partial charge in [-0.1, -0.05) is 74.0 Å². The number of amides is 2. The van der Waals surface area contributed by atoms with Crippen LogP contribution in [0.2, 0.25) is 0 Å². The zero-order valence-corrected chi connectivity index (χ0v) is 19.8. The summed E-state index contributed by atoms with van der Waals surface area (Å²) in [6.45, 7) is 2.54. The van der Waals surface area contributed by atoms with Gasteiger partial charge >= 0.3 is 12.1 Å². The molecule has 2 rings (SSSR count). The predicted octanol–water partition coefficient (Wildman–Crippen LogP) is 3.39. The van der Waals surface area contributed by atoms with Gasteiger partial charge in [0.2, 0.25) is 5.91 Å². The van der Waals surface area contributed by atoms with Crippen LogP contribution in [0.5, 0.6) is 0 Å². The maximum atomic E-state index is 12.8. The van der Waals surface area contributed by atoms with Crippen LogP contribution in [0.25, 0.3) is 0 Å². The van der Waals surface area contributed by atoms with E-state index >= 15 is 0 Å². The Labute approximate surface area is 201 Å². The number of carbonyl (C=O) groups excluding carboxylic acids is 3. The largest absolute Gasteiger partial charge is 0.459 e. The smallest absolute Gasteiger partial charge is 0.407 e. The zero-order chi connectivity index (χ0) is 24.6. The van der Waals surface area contributed by atoms with Gasteiger partial charge in [0.1, 0.15) is 12.6 Å². The van der Waals surface area contributed by atoms with E-state index in [9.17, 15) is 14.4 Å². The Morgan fingerprint density at radius 2 is 1.53 bits per heavy atom. The van der Waals surface area contributed by atoms with Gasteiger partial charge < -0.3 is 24.8 Å². The highest BCUT2D eigenvalue weighted by atomic mass is 16.6. The predicted molar refractivity (Wildman–Crippen MR) is 128 cm³/mol. The Morgan fingerprint density at radius 1 is 0.882 bits per heavy atom. The summed E-state index contributed by atoms with van der Waals surface area (Å²) in [4.78, 5) is 37.7. The summed E-state index contributed by atoms with van der Waals surface area (Å²) in [5.74, 6) is -1.12. The fourth-order valence-corrected chi connectivity index (χ4v) is 3.24. The van der Waals surface area contributed by atoms with E-state index in [0.29, 0.717) is 19.4 Å². The van der Waals surface area contributed by atoms with E-state index in [0.717, 1.165) is 17.5 Å². The van der Waals surface area contributed by atoms with Crippen molar-refractivity contribution in [2.75, 3.05) is 20.3 Å². The molecular formula is C26H34N2O6. The van der Waals surface area contributed by atoms with Crippen molar-refractivity contribution in [2.24, 2.45) is 0 Å². The number of alkyl carbamates (subject to hydrolysis) is 1. The molecule has 2 aromatic rings. The van der Waals surface area contributed by atoms with Crippen molar-refractivity contribution in [1.82, 2.24) is 10.6 Å². The second-order valence-electron chi connectivity index (χ2n) is 7.89. The molecule has 2 amide bonds. The molecule has 2 atom stereocenters. The van der Waals surface area contributed by atoms with Crippen molar-refractivity contribution in [1.29, 1.82) is 0 Å². The van der Waals surface area contributed by atoms with Gasteiger partial charge in [-0.15, -0.1) is 0 Å². The SMILES string of the molecule is CCCCOC(=O)NC(CC(=O)N[C@H](COC)Cc1ccccc1)C(=O)OCc1ccccc1. The van der Waals surface area contributed by atoms with E-state index in [-0.39, 0.29) is 25.7 Å². The average Bonchev–Trinajstić information content (AvgIpc) is 2.83. The third-order valence-corrected chi connectivity index (χ3v) is 4.98. The highest BCUT2D eigenvalue weighted by molar-refractivity contribution is 5.88. The van der Waals surface area contributed by atoms with Crippen LogP contribution < -0.4 is 10.6 Å². The summed E-state index contributed by atoms with van der Waals surface area (Å²) in [7, 11) is 1.56. The molecule has 0 bridgehead atoms. The molecule has 1 unspecified atom stereocenters. The van der Waals surface area contributed by atoms with Gasteiger partial charge in [-0.3, -0.25) is 4.79 Å². The quantitative estimate of drug-likeness (QED) is 0.324. The zero-order valence-electron chi connectivity index (χ0n) is 19.8. The normalized spacial score (nSPS) is 12.3. The van der Waals surface area contributed by atoms with Crippen molar-refractivity contribution in [3.8, 4) is 0 Å². The highest BCUT2D eigenvalue weighted by Gasteiger charge is 2.27. The van der Waals surface area contributed by atoms with Crippen LogP contribution in [0.3, 0.4) is 0 Å². The van der Waals surface area contributed by atoms with Crippen LogP contribution in [0.15, 0.2) is 60.7 Å². The average molecular weight is 471 g/mol. The molecule has 2 N–H and O–H groups in total. The molecule has 2 aromatic carbocycles. The summed E-state index contributed by atoms with van der Waals surface area (Å²) < 4.78 is 15.7. The second kappa shape index (κ2) is 15.4. The van der Waals surface area contributed by atoms with Gasteiger partial charge in [-0.2, -0.15) is 0 Å². The molecule has 0 heterocycles. The Morgan fingerprint density at radius 3 is 2.15 bits per heavy atom. The molecule has 0 aliphatic rings. The third-order valence-electron chi connectivity index (χ3n) is 4.98. The monoisotopic (exact) mass is 470 g/mol. The Balaban J connectivity index is 1.99. The van der Waals surface area contributed by atoms with E-state index in [1.807, 2.05) is 67.6 Å². The van der Waals surface area contributed by atoms with Crippen LogP contribution in [0, 0.1) is 0 Å². The van der Waals surface area contributed by atoms with Crippen LogP contribution in [0.1, 0.15) is 37.3 Å².